The third-order valence-corrected chi connectivity index (χ3v) is 12.1. The SMILES string of the molecule is O=C1CCC(N2C(=O)c3cccc(NCCOCCOCCNCc4ccnc5c(NC(=O)c6ccc(N7C(=O)[C@@H]8[C@H](C7=O)C7C=C[C@H]8C7)cc6)cccc45)c3C2=O)C(=O)N1. The summed E-state index contributed by atoms with van der Waals surface area (Å²) in [6.07, 6.45) is 6.84. The molecule has 3 fully saturated rings. The number of carbonyl (C=O) groups excluding carboxylic acids is 7. The number of piperidine rings is 1. The highest BCUT2D eigenvalue weighted by molar-refractivity contribution is 6.26. The number of anilines is 3. The van der Waals surface area contributed by atoms with Gasteiger partial charge >= 0.3 is 0 Å². The number of ether oxygens (including phenoxy) is 2. The molecule has 5 aliphatic rings. The third kappa shape index (κ3) is 7.47. The van der Waals surface area contributed by atoms with Crippen LogP contribution in [0.5, 0.6) is 0 Å². The number of nitrogens with zero attached hydrogens (tertiary/aromatic N) is 3. The maximum absolute atomic E-state index is 13.3. The molecule has 9 rings (SSSR count). The van der Waals surface area contributed by atoms with E-state index in [1.165, 1.54) is 4.90 Å². The average molecular weight is 826 g/mol. The molecule has 1 aromatic heterocycles. The lowest BCUT2D eigenvalue weighted by molar-refractivity contribution is -0.136. The minimum atomic E-state index is -1.03. The van der Waals surface area contributed by atoms with Crippen LogP contribution in [0, 0.1) is 23.7 Å². The first-order valence-corrected chi connectivity index (χ1v) is 20.5. The van der Waals surface area contributed by atoms with Crippen molar-refractivity contribution >= 4 is 69.3 Å². The number of hydrogen-bond donors (Lipinski definition) is 4. The smallest absolute Gasteiger partial charge is 0.264 e. The third-order valence-electron chi connectivity index (χ3n) is 12.1. The maximum Gasteiger partial charge on any atom is 0.264 e. The molecule has 4 heterocycles. The normalized spacial score (nSPS) is 22.7. The predicted octanol–water partition coefficient (Wildman–Crippen LogP) is 3.43. The summed E-state index contributed by atoms with van der Waals surface area (Å²) in [7, 11) is 0. The van der Waals surface area contributed by atoms with Crippen LogP contribution < -0.4 is 26.2 Å². The number of benzene rings is 3. The molecule has 7 amide bonds. The number of para-hydroxylation sites is 1. The van der Waals surface area contributed by atoms with Gasteiger partial charge in [-0.1, -0.05) is 30.4 Å². The van der Waals surface area contributed by atoms with Crippen LogP contribution >= 0.6 is 0 Å². The molecule has 16 heteroatoms. The predicted molar refractivity (Wildman–Crippen MR) is 221 cm³/mol. The Morgan fingerprint density at radius 3 is 2.23 bits per heavy atom. The zero-order chi connectivity index (χ0) is 42.2. The Kier molecular flexibility index (Phi) is 11.0. The Labute approximate surface area is 350 Å². The lowest BCUT2D eigenvalue weighted by atomic mass is 9.85. The fraction of sp³-hybridized carbons (Fsp3) is 0.333. The van der Waals surface area contributed by atoms with Crippen molar-refractivity contribution in [2.24, 2.45) is 23.7 Å². The molecule has 5 atom stereocenters. The monoisotopic (exact) mass is 825 g/mol. The summed E-state index contributed by atoms with van der Waals surface area (Å²) >= 11 is 0. The summed E-state index contributed by atoms with van der Waals surface area (Å²) in [6.45, 7) is 2.96. The lowest BCUT2D eigenvalue weighted by Gasteiger charge is -2.27. The van der Waals surface area contributed by atoms with Crippen molar-refractivity contribution in [1.29, 1.82) is 0 Å². The number of carbonyl (C=O) groups is 7. The van der Waals surface area contributed by atoms with E-state index >= 15 is 0 Å². The quantitative estimate of drug-likeness (QED) is 0.0729. The van der Waals surface area contributed by atoms with Gasteiger partial charge in [0.15, 0.2) is 0 Å². The van der Waals surface area contributed by atoms with Gasteiger partial charge in [0.1, 0.15) is 6.04 Å². The van der Waals surface area contributed by atoms with E-state index in [0.717, 1.165) is 22.3 Å². The number of nitrogens with one attached hydrogen (secondary N) is 4. The molecule has 4 N–H and O–H groups in total. The molecular weight excluding hydrogens is 783 g/mol. The number of pyridine rings is 1. The van der Waals surface area contributed by atoms with Crippen molar-refractivity contribution in [2.45, 2.75) is 31.8 Å². The zero-order valence-corrected chi connectivity index (χ0v) is 33.1. The molecule has 2 bridgehead atoms. The molecule has 61 heavy (non-hydrogen) atoms. The first-order chi connectivity index (χ1) is 29.7. The molecule has 4 aromatic rings. The van der Waals surface area contributed by atoms with E-state index in [0.29, 0.717) is 74.2 Å². The van der Waals surface area contributed by atoms with Crippen LogP contribution in [0.3, 0.4) is 0 Å². The first kappa shape index (κ1) is 39.8. The topological polar surface area (TPSA) is 205 Å². The second kappa shape index (κ2) is 16.8. The number of amides is 7. The van der Waals surface area contributed by atoms with E-state index in [-0.39, 0.29) is 65.4 Å². The second-order valence-electron chi connectivity index (χ2n) is 15.7. The first-order valence-electron chi connectivity index (χ1n) is 20.5. The average Bonchev–Trinajstić information content (AvgIpc) is 4.01. The van der Waals surface area contributed by atoms with Gasteiger partial charge in [-0.2, -0.15) is 0 Å². The summed E-state index contributed by atoms with van der Waals surface area (Å²) in [5.74, 6) is -3.18. The van der Waals surface area contributed by atoms with Crippen molar-refractivity contribution in [3.05, 3.63) is 107 Å². The fourth-order valence-electron chi connectivity index (χ4n) is 9.21. The Hall–Kier alpha value is -6.62. The highest BCUT2D eigenvalue weighted by atomic mass is 16.5. The second-order valence-corrected chi connectivity index (χ2v) is 15.7. The summed E-state index contributed by atoms with van der Waals surface area (Å²) in [5.41, 5.74) is 3.92. The van der Waals surface area contributed by atoms with Gasteiger partial charge in [-0.25, -0.2) is 0 Å². The summed E-state index contributed by atoms with van der Waals surface area (Å²) in [6, 6.07) is 17.9. The van der Waals surface area contributed by atoms with Crippen LogP contribution in [0.4, 0.5) is 17.1 Å². The Bertz CT molecular complexity index is 2480. The molecule has 0 radical (unpaired) electrons. The lowest BCUT2D eigenvalue weighted by Crippen LogP contribution is -2.54. The van der Waals surface area contributed by atoms with Gasteiger partial charge in [-0.05, 0) is 78.8 Å². The molecule has 16 nitrogen and oxygen atoms in total. The van der Waals surface area contributed by atoms with Gasteiger partial charge < -0.3 is 25.4 Å². The zero-order valence-electron chi connectivity index (χ0n) is 33.1. The van der Waals surface area contributed by atoms with E-state index in [9.17, 15) is 33.6 Å². The van der Waals surface area contributed by atoms with E-state index < -0.39 is 29.7 Å². The van der Waals surface area contributed by atoms with Gasteiger partial charge in [0.25, 0.3) is 17.7 Å². The summed E-state index contributed by atoms with van der Waals surface area (Å²) in [5, 5.41) is 12.6. The van der Waals surface area contributed by atoms with Crippen LogP contribution in [-0.4, -0.2) is 96.8 Å². The number of hydrogen-bond acceptors (Lipinski definition) is 12. The van der Waals surface area contributed by atoms with Gasteiger partial charge in [-0.3, -0.25) is 53.7 Å². The van der Waals surface area contributed by atoms with Gasteiger partial charge in [0.2, 0.25) is 23.6 Å². The Balaban J connectivity index is 0.694. The molecule has 2 aliphatic carbocycles. The van der Waals surface area contributed by atoms with E-state index in [2.05, 4.69) is 38.4 Å². The summed E-state index contributed by atoms with van der Waals surface area (Å²) < 4.78 is 11.4. The van der Waals surface area contributed by atoms with Gasteiger partial charge in [0.05, 0.1) is 66.3 Å². The number of imide groups is 3. The van der Waals surface area contributed by atoms with Crippen LogP contribution in [0.2, 0.25) is 0 Å². The number of rotatable bonds is 16. The van der Waals surface area contributed by atoms with Crippen LogP contribution in [0.1, 0.15) is 55.9 Å². The summed E-state index contributed by atoms with van der Waals surface area (Å²) in [4.78, 5) is 96.9. The van der Waals surface area contributed by atoms with E-state index in [1.54, 1.807) is 54.7 Å². The van der Waals surface area contributed by atoms with Gasteiger partial charge in [0, 0.05) is 48.9 Å². The molecular formula is C45H43N7O9. The number of aromatic nitrogens is 1. The number of allylic oxidation sites excluding steroid dienone is 2. The fourth-order valence-corrected chi connectivity index (χ4v) is 9.21. The van der Waals surface area contributed by atoms with Crippen LogP contribution in [-0.2, 0) is 35.2 Å². The molecule has 1 saturated carbocycles. The van der Waals surface area contributed by atoms with E-state index in [1.807, 2.05) is 18.2 Å². The van der Waals surface area contributed by atoms with Crippen molar-refractivity contribution in [1.82, 2.24) is 20.5 Å². The van der Waals surface area contributed by atoms with Crippen LogP contribution in [0.15, 0.2) is 85.1 Å². The van der Waals surface area contributed by atoms with Crippen molar-refractivity contribution in [3.8, 4) is 0 Å². The number of fused-ring (bicyclic) bond motifs is 7. The van der Waals surface area contributed by atoms with Crippen molar-refractivity contribution < 1.29 is 43.0 Å². The van der Waals surface area contributed by atoms with Crippen LogP contribution in [0.25, 0.3) is 10.9 Å². The molecule has 312 valence electrons. The molecule has 0 spiro atoms. The highest BCUT2D eigenvalue weighted by Gasteiger charge is 2.59. The highest BCUT2D eigenvalue weighted by Crippen LogP contribution is 2.53. The van der Waals surface area contributed by atoms with Crippen molar-refractivity contribution in [3.63, 3.8) is 0 Å². The minimum Gasteiger partial charge on any atom is -0.382 e. The molecule has 2 saturated heterocycles. The standard InChI is InChI=1S/C45H43N7O9/c53-35-14-13-34(41(55)50-35)52-42(56)31-4-2-5-32(38(31)45(52)59)47-18-20-61-22-21-60-19-17-46-24-28-15-16-48-39-30(28)3-1-6-33(39)49-40(54)25-9-11-29(12-10-25)51-43(57)36-26-7-8-27(23-26)37(36)44(51)58/h1-12,15-16,26-27,34,36-37,46-47H,13-14,17-24H2,(H,49,54)(H,50,53,55)/t26-,27?,34?,36-,37+/m0/s1. The van der Waals surface area contributed by atoms with Crippen molar-refractivity contribution in [2.75, 3.05) is 55.1 Å². The molecule has 3 aliphatic heterocycles. The maximum atomic E-state index is 13.3. The Morgan fingerprint density at radius 2 is 1.49 bits per heavy atom. The van der Waals surface area contributed by atoms with E-state index in [4.69, 9.17) is 9.47 Å². The molecule has 2 unspecified atom stereocenters. The molecule has 3 aromatic carbocycles. The minimum absolute atomic E-state index is 0.0526. The Morgan fingerprint density at radius 1 is 0.787 bits per heavy atom. The largest absolute Gasteiger partial charge is 0.382 e. The van der Waals surface area contributed by atoms with Gasteiger partial charge in [-0.15, -0.1) is 0 Å².